The third-order valence-electron chi connectivity index (χ3n) is 10.3. The van der Waals surface area contributed by atoms with Crippen molar-refractivity contribution >= 4 is 51.9 Å². The van der Waals surface area contributed by atoms with Gasteiger partial charge in [0.2, 0.25) is 0 Å². The first-order valence-corrected chi connectivity index (χ1v) is 19.5. The zero-order valence-corrected chi connectivity index (χ0v) is 31.2. The number of piperidine rings is 1. The topological polar surface area (TPSA) is 120 Å². The number of ether oxygens (including phenoxy) is 1. The molecule has 5 aromatic rings. The van der Waals surface area contributed by atoms with E-state index in [4.69, 9.17) is 26.4 Å². The van der Waals surface area contributed by atoms with Crippen molar-refractivity contribution in [3.63, 3.8) is 0 Å². The van der Waals surface area contributed by atoms with Crippen LogP contribution in [0.5, 0.6) is 5.75 Å². The van der Waals surface area contributed by atoms with E-state index in [9.17, 15) is 4.55 Å². The summed E-state index contributed by atoms with van der Waals surface area (Å²) in [5.74, 6) is 2.36. The van der Waals surface area contributed by atoms with Crippen molar-refractivity contribution in [2.75, 3.05) is 30.4 Å². The van der Waals surface area contributed by atoms with Crippen LogP contribution in [-0.2, 0) is 37.3 Å². The average molecular weight is 732 g/mol. The molecule has 1 aromatic carbocycles. The van der Waals surface area contributed by atoms with E-state index in [0.29, 0.717) is 17.4 Å². The number of anilines is 2. The number of nitrogens with zero attached hydrogens (tertiary/aromatic N) is 7. The fourth-order valence-corrected chi connectivity index (χ4v) is 9.65. The lowest BCUT2D eigenvalue weighted by Gasteiger charge is -2.43. The summed E-state index contributed by atoms with van der Waals surface area (Å²) in [6, 6.07) is 9.85. The lowest BCUT2D eigenvalue weighted by atomic mass is 9.73. The van der Waals surface area contributed by atoms with Crippen LogP contribution in [0, 0.1) is 5.41 Å². The lowest BCUT2D eigenvalue weighted by Crippen LogP contribution is -2.50. The largest absolute Gasteiger partial charge is 0.598 e. The molecule has 2 atom stereocenters. The van der Waals surface area contributed by atoms with Gasteiger partial charge in [-0.1, -0.05) is 35.5 Å². The molecule has 3 aliphatic rings. The third-order valence-corrected chi connectivity index (χ3v) is 13.4. The Balaban J connectivity index is 0.994. The number of hydrogen-bond acceptors (Lipinski definition) is 10. The Hall–Kier alpha value is -3.49. The fourth-order valence-electron chi connectivity index (χ4n) is 7.54. The Morgan fingerprint density at radius 1 is 1.10 bits per heavy atom. The highest BCUT2D eigenvalue weighted by molar-refractivity contribution is 7.99. The van der Waals surface area contributed by atoms with E-state index in [1.807, 2.05) is 69.8 Å². The molecule has 8 rings (SSSR count). The van der Waals surface area contributed by atoms with Crippen molar-refractivity contribution in [1.29, 1.82) is 0 Å². The number of aryl methyl sites for hydroxylation is 1. The molecule has 1 unspecified atom stereocenters. The van der Waals surface area contributed by atoms with E-state index < -0.39 is 11.4 Å². The monoisotopic (exact) mass is 731 g/mol. The maximum atomic E-state index is 13.5. The summed E-state index contributed by atoms with van der Waals surface area (Å²) in [5, 5.41) is 9.89. The number of benzene rings is 1. The second-order valence-corrected chi connectivity index (χ2v) is 17.9. The molecular weight excluding hydrogens is 690 g/mol. The van der Waals surface area contributed by atoms with E-state index in [0.717, 1.165) is 84.3 Å². The molecule has 4 aromatic heterocycles. The van der Waals surface area contributed by atoms with Gasteiger partial charge in [0.15, 0.2) is 5.82 Å². The number of aromatic nitrogens is 6. The third kappa shape index (κ3) is 6.10. The number of methoxy groups -OCH3 is 1. The summed E-state index contributed by atoms with van der Waals surface area (Å²) in [7, 11) is 1.66. The van der Waals surface area contributed by atoms with Crippen molar-refractivity contribution in [1.82, 2.24) is 33.9 Å². The van der Waals surface area contributed by atoms with E-state index in [2.05, 4.69) is 34.0 Å². The number of rotatable bonds is 9. The van der Waals surface area contributed by atoms with Crippen LogP contribution in [0.25, 0.3) is 5.52 Å². The van der Waals surface area contributed by atoms with Gasteiger partial charge in [-0.3, -0.25) is 9.08 Å². The Kier molecular flexibility index (Phi) is 8.91. The second kappa shape index (κ2) is 13.2. The molecule has 1 saturated heterocycles. The van der Waals surface area contributed by atoms with Gasteiger partial charge in [0, 0.05) is 54.0 Å². The van der Waals surface area contributed by atoms with Gasteiger partial charge in [0.25, 0.3) is 0 Å². The van der Waals surface area contributed by atoms with Gasteiger partial charge < -0.3 is 19.5 Å². The van der Waals surface area contributed by atoms with Gasteiger partial charge in [-0.15, -0.1) is 4.72 Å². The predicted octanol–water partition coefficient (Wildman–Crippen LogP) is 6.63. The van der Waals surface area contributed by atoms with Gasteiger partial charge >= 0.3 is 0 Å². The standard InChI is InChI=1S/C36H42ClN9O2S2/c1-35(2,3)50(47)43-32-31-25-6-5-7-26(25)42-46(31)21-36(32)13-16-44(17-14-36)34-27-19-38-22-45(27)29(20-41-34)49-28-12-15-39-33(30(28)37)40-18-23-8-10-24(48-4)11-9-23/h8-12,15,19-20,22,32,43H,5-7,13-14,16-18,21H2,1-4H3,(H,39,40)/t32-,50?/m1/s1. The summed E-state index contributed by atoms with van der Waals surface area (Å²) >= 11 is 7.23. The summed E-state index contributed by atoms with van der Waals surface area (Å²) in [6.45, 7) is 9.23. The van der Waals surface area contributed by atoms with Gasteiger partial charge in [0.1, 0.15) is 39.2 Å². The molecule has 0 saturated carbocycles. The van der Waals surface area contributed by atoms with E-state index >= 15 is 0 Å². The molecule has 1 aliphatic carbocycles. The highest BCUT2D eigenvalue weighted by Gasteiger charge is 2.53. The highest BCUT2D eigenvalue weighted by Crippen LogP contribution is 2.52. The summed E-state index contributed by atoms with van der Waals surface area (Å²) < 4.78 is 26.4. The maximum Gasteiger partial charge on any atom is 0.154 e. The minimum atomic E-state index is -1.19. The zero-order chi connectivity index (χ0) is 34.6. The van der Waals surface area contributed by atoms with Gasteiger partial charge in [-0.05, 0) is 82.2 Å². The Labute approximate surface area is 304 Å². The van der Waals surface area contributed by atoms with Gasteiger partial charge in [-0.25, -0.2) is 15.0 Å². The Bertz CT molecular complexity index is 2020. The molecule has 6 heterocycles. The number of pyridine rings is 1. The summed E-state index contributed by atoms with van der Waals surface area (Å²) in [4.78, 5) is 17.3. The van der Waals surface area contributed by atoms with Gasteiger partial charge in [0.05, 0.1) is 35.9 Å². The summed E-state index contributed by atoms with van der Waals surface area (Å²) in [5.41, 5.74) is 5.89. The molecule has 1 fully saturated rings. The molecule has 1 spiro atoms. The summed E-state index contributed by atoms with van der Waals surface area (Å²) in [6.07, 6.45) is 12.6. The first-order valence-electron chi connectivity index (χ1n) is 17.2. The van der Waals surface area contributed by atoms with E-state index in [-0.39, 0.29) is 16.2 Å². The maximum absolute atomic E-state index is 13.5. The van der Waals surface area contributed by atoms with Crippen molar-refractivity contribution in [3.8, 4) is 5.75 Å². The first kappa shape index (κ1) is 33.6. The normalized spacial score (nSPS) is 18.8. The molecule has 0 bridgehead atoms. The minimum Gasteiger partial charge on any atom is -0.598 e. The van der Waals surface area contributed by atoms with E-state index in [1.54, 1.807) is 13.3 Å². The predicted molar refractivity (Wildman–Crippen MR) is 199 cm³/mol. The number of nitrogens with one attached hydrogen (secondary N) is 2. The SMILES string of the molecule is COc1ccc(CNc2nccc(Sc3cnc(N4CCC5(CC4)Cn4nc6c(c4[C@H]5N[S+]([O-])C(C)(C)C)CCC6)c4cncn34)c2Cl)cc1. The van der Waals surface area contributed by atoms with Crippen LogP contribution in [0.2, 0.25) is 5.02 Å². The van der Waals surface area contributed by atoms with Crippen LogP contribution >= 0.6 is 23.4 Å². The Morgan fingerprint density at radius 3 is 2.66 bits per heavy atom. The molecule has 2 N–H and O–H groups in total. The van der Waals surface area contributed by atoms with Crippen LogP contribution in [0.15, 0.2) is 65.2 Å². The number of halogens is 1. The van der Waals surface area contributed by atoms with Gasteiger partial charge in [-0.2, -0.15) is 5.10 Å². The number of hydrogen-bond donors (Lipinski definition) is 2. The molecular formula is C36H42ClN9O2S2. The lowest BCUT2D eigenvalue weighted by molar-refractivity contribution is 0.160. The van der Waals surface area contributed by atoms with Crippen molar-refractivity contribution in [3.05, 3.63) is 82.8 Å². The zero-order valence-electron chi connectivity index (χ0n) is 28.8. The quantitative estimate of drug-likeness (QED) is 0.160. The second-order valence-electron chi connectivity index (χ2n) is 14.4. The molecule has 262 valence electrons. The van der Waals surface area contributed by atoms with Crippen molar-refractivity contribution in [2.45, 2.75) is 86.7 Å². The van der Waals surface area contributed by atoms with Crippen LogP contribution in [-0.4, -0.2) is 58.6 Å². The van der Waals surface area contributed by atoms with E-state index in [1.165, 1.54) is 28.7 Å². The molecule has 11 nitrogen and oxygen atoms in total. The fraction of sp³-hybridized carbons (Fsp3) is 0.444. The smallest absolute Gasteiger partial charge is 0.154 e. The average Bonchev–Trinajstić information content (AvgIpc) is 3.89. The van der Waals surface area contributed by atoms with Crippen LogP contribution in [0.3, 0.4) is 0 Å². The first-order chi connectivity index (χ1) is 24.1. The Morgan fingerprint density at radius 2 is 1.90 bits per heavy atom. The number of imidazole rings is 1. The number of fused-ring (bicyclic) bond motifs is 4. The molecule has 2 aliphatic heterocycles. The van der Waals surface area contributed by atoms with Crippen LogP contribution in [0.4, 0.5) is 11.6 Å². The molecule has 14 heteroatoms. The molecule has 0 radical (unpaired) electrons. The van der Waals surface area contributed by atoms with Crippen molar-refractivity contribution in [2.24, 2.45) is 5.41 Å². The van der Waals surface area contributed by atoms with Crippen LogP contribution < -0.4 is 19.7 Å². The highest BCUT2D eigenvalue weighted by atomic mass is 35.5. The minimum absolute atomic E-state index is 0.0153. The van der Waals surface area contributed by atoms with Crippen LogP contribution in [0.1, 0.15) is 68.6 Å². The molecule has 50 heavy (non-hydrogen) atoms. The molecule has 0 amide bonds. The van der Waals surface area contributed by atoms with Crippen molar-refractivity contribution < 1.29 is 9.29 Å².